The molecule has 1 saturated heterocycles. The van der Waals surface area contributed by atoms with Gasteiger partial charge in [0.1, 0.15) is 5.00 Å². The van der Waals surface area contributed by atoms with Gasteiger partial charge in [-0.05, 0) is 54.4 Å². The van der Waals surface area contributed by atoms with Crippen LogP contribution in [0.2, 0.25) is 0 Å². The first-order chi connectivity index (χ1) is 15.9. The van der Waals surface area contributed by atoms with Gasteiger partial charge >= 0.3 is 0 Å². The van der Waals surface area contributed by atoms with Gasteiger partial charge in [-0.25, -0.2) is 0 Å². The number of likely N-dealkylation sites (N-methyl/N-ethyl adjacent to an activating group) is 1. The van der Waals surface area contributed by atoms with Crippen LogP contribution in [0.3, 0.4) is 0 Å². The predicted molar refractivity (Wildman–Crippen MR) is 142 cm³/mol. The zero-order valence-electron chi connectivity index (χ0n) is 20.4. The van der Waals surface area contributed by atoms with Gasteiger partial charge in [0, 0.05) is 36.6 Å². The molecule has 6 heteroatoms. The van der Waals surface area contributed by atoms with Crippen LogP contribution in [0.1, 0.15) is 69.5 Å². The summed E-state index contributed by atoms with van der Waals surface area (Å²) in [5.74, 6) is 0.494. The molecular formula is C27H35N3OS2. The molecule has 1 aliphatic rings. The van der Waals surface area contributed by atoms with Crippen molar-refractivity contribution in [1.82, 2.24) is 9.80 Å². The van der Waals surface area contributed by atoms with Crippen LogP contribution >= 0.6 is 22.7 Å². The first-order valence-electron chi connectivity index (χ1n) is 11.9. The van der Waals surface area contributed by atoms with E-state index in [4.69, 9.17) is 0 Å². The van der Waals surface area contributed by atoms with Gasteiger partial charge in [0.2, 0.25) is 0 Å². The zero-order chi connectivity index (χ0) is 23.5. The molecule has 33 heavy (non-hydrogen) atoms. The number of hydrogen-bond donors (Lipinski definition) is 1. The lowest BCUT2D eigenvalue weighted by Crippen LogP contribution is -2.47. The molecule has 0 aliphatic carbocycles. The number of nitrogens with one attached hydrogen (secondary N) is 1. The number of nitrogens with zero attached hydrogens (tertiary/aromatic N) is 2. The van der Waals surface area contributed by atoms with E-state index in [2.05, 4.69) is 74.0 Å². The number of aryl methyl sites for hydroxylation is 1. The molecule has 1 aliphatic heterocycles. The molecule has 1 atom stereocenters. The van der Waals surface area contributed by atoms with Crippen molar-refractivity contribution < 1.29 is 4.79 Å². The fraction of sp³-hybridized carbons (Fsp3) is 0.444. The molecular weight excluding hydrogens is 446 g/mol. The molecule has 1 amide bonds. The number of rotatable bonds is 7. The standard InChI is InChI=1S/C27H35N3OS2/c1-6-29-13-15-30(16-14-29)25(22-11-9-21(10-12-22)18(2)3)24-19(4)20(5)33-27(24)28-26(31)23-8-7-17-32-23/h7-12,17-18,25H,6,13-16H2,1-5H3,(H,28,31)/t25-/m1/s1. The van der Waals surface area contributed by atoms with E-state index in [1.807, 2.05) is 17.5 Å². The number of hydrogen-bond acceptors (Lipinski definition) is 5. The van der Waals surface area contributed by atoms with E-state index < -0.39 is 0 Å². The van der Waals surface area contributed by atoms with Gasteiger partial charge in [0.25, 0.3) is 5.91 Å². The summed E-state index contributed by atoms with van der Waals surface area (Å²) in [7, 11) is 0. The Hall–Kier alpha value is -1.99. The number of amides is 1. The lowest BCUT2D eigenvalue weighted by Gasteiger charge is -2.40. The van der Waals surface area contributed by atoms with Crippen molar-refractivity contribution in [2.45, 2.75) is 46.6 Å². The maximum Gasteiger partial charge on any atom is 0.266 e. The van der Waals surface area contributed by atoms with Crippen LogP contribution in [0.15, 0.2) is 41.8 Å². The monoisotopic (exact) mass is 481 g/mol. The van der Waals surface area contributed by atoms with Gasteiger partial charge in [-0.3, -0.25) is 9.69 Å². The summed E-state index contributed by atoms with van der Waals surface area (Å²) < 4.78 is 0. The summed E-state index contributed by atoms with van der Waals surface area (Å²) in [5, 5.41) is 6.20. The van der Waals surface area contributed by atoms with Crippen LogP contribution in [0.4, 0.5) is 5.00 Å². The van der Waals surface area contributed by atoms with Crippen molar-refractivity contribution in [3.8, 4) is 0 Å². The highest BCUT2D eigenvalue weighted by atomic mass is 32.1. The van der Waals surface area contributed by atoms with Crippen LogP contribution in [-0.4, -0.2) is 48.4 Å². The van der Waals surface area contributed by atoms with Gasteiger partial charge in [-0.2, -0.15) is 0 Å². The molecule has 4 rings (SSSR count). The lowest BCUT2D eigenvalue weighted by atomic mass is 9.92. The van der Waals surface area contributed by atoms with Crippen molar-refractivity contribution in [3.63, 3.8) is 0 Å². The average molecular weight is 482 g/mol. The van der Waals surface area contributed by atoms with Gasteiger partial charge in [0.05, 0.1) is 10.9 Å². The number of carbonyl (C=O) groups excluding carboxylic acids is 1. The largest absolute Gasteiger partial charge is 0.313 e. The van der Waals surface area contributed by atoms with E-state index in [9.17, 15) is 4.79 Å². The van der Waals surface area contributed by atoms with Crippen molar-refractivity contribution in [2.75, 3.05) is 38.0 Å². The number of benzene rings is 1. The summed E-state index contributed by atoms with van der Waals surface area (Å²) in [6.45, 7) is 16.4. The number of carbonyl (C=O) groups is 1. The summed E-state index contributed by atoms with van der Waals surface area (Å²) in [6, 6.07) is 13.1. The molecule has 176 valence electrons. The molecule has 1 fully saturated rings. The normalized spacial score (nSPS) is 16.3. The first-order valence-corrected chi connectivity index (χ1v) is 13.6. The van der Waals surface area contributed by atoms with Gasteiger partial charge in [0.15, 0.2) is 0 Å². The van der Waals surface area contributed by atoms with Crippen molar-refractivity contribution >= 4 is 33.6 Å². The van der Waals surface area contributed by atoms with E-state index in [0.29, 0.717) is 5.92 Å². The number of piperazine rings is 1. The molecule has 3 heterocycles. The van der Waals surface area contributed by atoms with Gasteiger partial charge in [-0.1, -0.05) is 51.1 Å². The van der Waals surface area contributed by atoms with Crippen LogP contribution in [0.25, 0.3) is 0 Å². The fourth-order valence-electron chi connectivity index (χ4n) is 4.60. The van der Waals surface area contributed by atoms with Crippen LogP contribution in [-0.2, 0) is 0 Å². The van der Waals surface area contributed by atoms with E-state index in [1.165, 1.54) is 38.5 Å². The van der Waals surface area contributed by atoms with E-state index in [0.717, 1.165) is 42.6 Å². The fourth-order valence-corrected chi connectivity index (χ4v) is 6.31. The van der Waals surface area contributed by atoms with Crippen LogP contribution < -0.4 is 5.32 Å². The second-order valence-corrected chi connectivity index (χ2v) is 11.3. The predicted octanol–water partition coefficient (Wildman–Crippen LogP) is 6.53. The molecule has 2 aromatic heterocycles. The Bertz CT molecular complexity index is 1060. The smallest absolute Gasteiger partial charge is 0.266 e. The Morgan fingerprint density at radius 3 is 2.27 bits per heavy atom. The van der Waals surface area contributed by atoms with Crippen molar-refractivity contribution in [2.24, 2.45) is 0 Å². The van der Waals surface area contributed by atoms with Gasteiger partial charge < -0.3 is 10.2 Å². The lowest BCUT2D eigenvalue weighted by molar-refractivity contribution is 0.102. The maximum atomic E-state index is 13.0. The van der Waals surface area contributed by atoms with Crippen LogP contribution in [0, 0.1) is 13.8 Å². The van der Waals surface area contributed by atoms with Crippen molar-refractivity contribution in [3.05, 3.63) is 73.8 Å². The molecule has 4 nitrogen and oxygen atoms in total. The molecule has 3 aromatic rings. The van der Waals surface area contributed by atoms with E-state index in [1.54, 1.807) is 11.3 Å². The second-order valence-electron chi connectivity index (χ2n) is 9.15. The summed E-state index contributed by atoms with van der Waals surface area (Å²) >= 11 is 3.19. The van der Waals surface area contributed by atoms with E-state index >= 15 is 0 Å². The Balaban J connectivity index is 1.74. The van der Waals surface area contributed by atoms with Crippen LogP contribution in [0.5, 0.6) is 0 Å². The van der Waals surface area contributed by atoms with E-state index in [-0.39, 0.29) is 11.9 Å². The summed E-state index contributed by atoms with van der Waals surface area (Å²) in [4.78, 5) is 20.1. The first kappa shape index (κ1) is 24.1. The summed E-state index contributed by atoms with van der Waals surface area (Å²) in [6.07, 6.45) is 0. The van der Waals surface area contributed by atoms with Crippen molar-refractivity contribution in [1.29, 1.82) is 0 Å². The molecule has 1 aromatic carbocycles. The number of thiophene rings is 2. The molecule has 1 N–H and O–H groups in total. The quantitative estimate of drug-likeness (QED) is 0.417. The Kier molecular flexibility index (Phi) is 7.69. The Morgan fingerprint density at radius 1 is 1.03 bits per heavy atom. The second kappa shape index (κ2) is 10.5. The Labute approximate surface area is 206 Å². The minimum Gasteiger partial charge on any atom is -0.313 e. The molecule has 0 radical (unpaired) electrons. The molecule has 0 bridgehead atoms. The zero-order valence-corrected chi connectivity index (χ0v) is 22.0. The highest BCUT2D eigenvalue weighted by Gasteiger charge is 2.31. The highest BCUT2D eigenvalue weighted by Crippen LogP contribution is 2.43. The molecule has 0 spiro atoms. The minimum atomic E-state index is -0.0165. The molecule has 0 unspecified atom stereocenters. The highest BCUT2D eigenvalue weighted by molar-refractivity contribution is 7.17. The summed E-state index contributed by atoms with van der Waals surface area (Å²) in [5.41, 5.74) is 5.21. The topological polar surface area (TPSA) is 35.6 Å². The number of anilines is 1. The minimum absolute atomic E-state index is 0.0165. The third kappa shape index (κ3) is 5.24. The average Bonchev–Trinajstić information content (AvgIpc) is 3.45. The third-order valence-electron chi connectivity index (χ3n) is 6.82. The SMILES string of the molecule is CCN1CCN([C@H](c2ccc(C(C)C)cc2)c2c(NC(=O)c3cccs3)sc(C)c2C)CC1. The third-order valence-corrected chi connectivity index (χ3v) is 8.82. The van der Waals surface area contributed by atoms with Gasteiger partial charge in [-0.15, -0.1) is 22.7 Å². The molecule has 0 saturated carbocycles. The Morgan fingerprint density at radius 2 is 1.70 bits per heavy atom. The maximum absolute atomic E-state index is 13.0.